The molecule has 3 heteroatoms. The molecule has 0 aliphatic heterocycles. The lowest BCUT2D eigenvalue weighted by Gasteiger charge is -2.16. The summed E-state index contributed by atoms with van der Waals surface area (Å²) in [6, 6.07) is 0.440. The Bertz CT molecular complexity index is 206. The van der Waals surface area contributed by atoms with E-state index in [0.717, 1.165) is 0 Å². The SMILES string of the molecule is C#CCNC(=O)CCNC(C)C(C)C. The quantitative estimate of drug-likeness (QED) is 0.616. The van der Waals surface area contributed by atoms with Gasteiger partial charge < -0.3 is 10.6 Å². The molecule has 0 saturated heterocycles. The van der Waals surface area contributed by atoms with Gasteiger partial charge in [-0.2, -0.15) is 0 Å². The molecule has 1 unspecified atom stereocenters. The second-order valence-corrected chi connectivity index (χ2v) is 3.72. The van der Waals surface area contributed by atoms with Crippen molar-refractivity contribution in [2.24, 2.45) is 5.92 Å². The normalized spacial score (nSPS) is 12.2. The molecule has 0 aromatic carbocycles. The smallest absolute Gasteiger partial charge is 0.222 e. The number of carbonyl (C=O) groups excluding carboxylic acids is 1. The van der Waals surface area contributed by atoms with Crippen LogP contribution in [0.3, 0.4) is 0 Å². The third-order valence-corrected chi connectivity index (χ3v) is 2.21. The zero-order chi connectivity index (χ0) is 11.0. The molecule has 1 atom stereocenters. The first-order chi connectivity index (χ1) is 6.57. The number of rotatable bonds is 6. The van der Waals surface area contributed by atoms with Gasteiger partial charge in [-0.15, -0.1) is 6.42 Å². The van der Waals surface area contributed by atoms with E-state index in [1.165, 1.54) is 0 Å². The first kappa shape index (κ1) is 13.0. The first-order valence-corrected chi connectivity index (χ1v) is 5.01. The maximum atomic E-state index is 11.1. The van der Waals surface area contributed by atoms with Crippen LogP contribution < -0.4 is 10.6 Å². The van der Waals surface area contributed by atoms with Gasteiger partial charge in [-0.25, -0.2) is 0 Å². The Morgan fingerprint density at radius 3 is 2.57 bits per heavy atom. The fraction of sp³-hybridized carbons (Fsp3) is 0.727. The standard InChI is InChI=1S/C11H20N2O/c1-5-7-13-11(14)6-8-12-10(4)9(2)3/h1,9-10,12H,6-8H2,2-4H3,(H,13,14). The van der Waals surface area contributed by atoms with Gasteiger partial charge in [-0.1, -0.05) is 19.8 Å². The van der Waals surface area contributed by atoms with E-state index in [-0.39, 0.29) is 5.91 Å². The minimum absolute atomic E-state index is 0.00593. The highest BCUT2D eigenvalue weighted by atomic mass is 16.1. The largest absolute Gasteiger partial charge is 0.345 e. The van der Waals surface area contributed by atoms with Crippen molar-refractivity contribution in [3.05, 3.63) is 0 Å². The van der Waals surface area contributed by atoms with Gasteiger partial charge in [-0.05, 0) is 12.8 Å². The highest BCUT2D eigenvalue weighted by Crippen LogP contribution is 1.98. The lowest BCUT2D eigenvalue weighted by atomic mass is 10.1. The predicted molar refractivity (Wildman–Crippen MR) is 58.8 cm³/mol. The molecule has 14 heavy (non-hydrogen) atoms. The maximum absolute atomic E-state index is 11.1. The summed E-state index contributed by atoms with van der Waals surface area (Å²) in [6.07, 6.45) is 5.50. The van der Waals surface area contributed by atoms with E-state index in [1.807, 2.05) is 0 Å². The fourth-order valence-electron chi connectivity index (χ4n) is 0.887. The van der Waals surface area contributed by atoms with E-state index in [0.29, 0.717) is 31.5 Å². The van der Waals surface area contributed by atoms with E-state index < -0.39 is 0 Å². The monoisotopic (exact) mass is 196 g/mol. The second-order valence-electron chi connectivity index (χ2n) is 3.72. The molecule has 0 fully saturated rings. The summed E-state index contributed by atoms with van der Waals surface area (Å²) < 4.78 is 0. The van der Waals surface area contributed by atoms with Crippen LogP contribution in [0.25, 0.3) is 0 Å². The highest BCUT2D eigenvalue weighted by molar-refractivity contribution is 5.76. The van der Waals surface area contributed by atoms with Crippen LogP contribution in [-0.4, -0.2) is 25.0 Å². The van der Waals surface area contributed by atoms with Gasteiger partial charge in [-0.3, -0.25) is 4.79 Å². The Labute approximate surface area is 86.6 Å². The van der Waals surface area contributed by atoms with Crippen LogP contribution in [0.1, 0.15) is 27.2 Å². The Morgan fingerprint density at radius 1 is 1.43 bits per heavy atom. The number of hydrogen-bond acceptors (Lipinski definition) is 2. The average molecular weight is 196 g/mol. The molecule has 0 radical (unpaired) electrons. The molecule has 3 nitrogen and oxygen atoms in total. The molecule has 1 amide bonds. The molecular weight excluding hydrogens is 176 g/mol. The number of amides is 1. The Kier molecular flexibility index (Phi) is 6.87. The van der Waals surface area contributed by atoms with Crippen molar-refractivity contribution in [3.63, 3.8) is 0 Å². The third kappa shape index (κ3) is 6.50. The molecule has 2 N–H and O–H groups in total. The van der Waals surface area contributed by atoms with Crippen molar-refractivity contribution in [3.8, 4) is 12.3 Å². The third-order valence-electron chi connectivity index (χ3n) is 2.21. The summed E-state index contributed by atoms with van der Waals surface area (Å²) in [5, 5.41) is 5.90. The van der Waals surface area contributed by atoms with Crippen LogP contribution in [0.5, 0.6) is 0 Å². The summed E-state index contributed by atoms with van der Waals surface area (Å²) in [5.74, 6) is 2.96. The molecule has 0 aromatic heterocycles. The highest BCUT2D eigenvalue weighted by Gasteiger charge is 2.06. The van der Waals surface area contributed by atoms with E-state index in [2.05, 4.69) is 37.3 Å². The molecule has 0 saturated carbocycles. The number of carbonyl (C=O) groups is 1. The van der Waals surface area contributed by atoms with Crippen molar-refractivity contribution in [2.45, 2.75) is 33.2 Å². The number of hydrogen-bond donors (Lipinski definition) is 2. The molecule has 0 bridgehead atoms. The topological polar surface area (TPSA) is 41.1 Å². The summed E-state index contributed by atoms with van der Waals surface area (Å²) in [4.78, 5) is 11.1. The van der Waals surface area contributed by atoms with Crippen LogP contribution in [-0.2, 0) is 4.79 Å². The number of terminal acetylenes is 1. The van der Waals surface area contributed by atoms with Crippen molar-refractivity contribution in [1.29, 1.82) is 0 Å². The summed E-state index contributed by atoms with van der Waals surface area (Å²) >= 11 is 0. The van der Waals surface area contributed by atoms with Gasteiger partial charge in [0.15, 0.2) is 0 Å². The van der Waals surface area contributed by atoms with Crippen LogP contribution >= 0.6 is 0 Å². The van der Waals surface area contributed by atoms with Crippen molar-refractivity contribution < 1.29 is 4.79 Å². The fourth-order valence-corrected chi connectivity index (χ4v) is 0.887. The summed E-state index contributed by atoms with van der Waals surface area (Å²) in [7, 11) is 0. The minimum Gasteiger partial charge on any atom is -0.345 e. The number of nitrogens with one attached hydrogen (secondary N) is 2. The Balaban J connectivity index is 3.45. The molecule has 0 aliphatic rings. The maximum Gasteiger partial charge on any atom is 0.222 e. The van der Waals surface area contributed by atoms with Gasteiger partial charge in [0.1, 0.15) is 0 Å². The average Bonchev–Trinajstić information content (AvgIpc) is 2.14. The zero-order valence-electron chi connectivity index (χ0n) is 9.26. The lowest BCUT2D eigenvalue weighted by Crippen LogP contribution is -2.34. The van der Waals surface area contributed by atoms with E-state index in [4.69, 9.17) is 6.42 Å². The van der Waals surface area contributed by atoms with Crippen molar-refractivity contribution in [2.75, 3.05) is 13.1 Å². The minimum atomic E-state index is 0.00593. The van der Waals surface area contributed by atoms with Gasteiger partial charge in [0.05, 0.1) is 6.54 Å². The van der Waals surface area contributed by atoms with Gasteiger partial charge >= 0.3 is 0 Å². The van der Waals surface area contributed by atoms with Gasteiger partial charge in [0.25, 0.3) is 0 Å². The molecule has 80 valence electrons. The molecule has 0 aromatic rings. The Hall–Kier alpha value is -1.01. The van der Waals surface area contributed by atoms with Crippen LogP contribution in [0.15, 0.2) is 0 Å². The van der Waals surface area contributed by atoms with E-state index in [9.17, 15) is 4.79 Å². The first-order valence-electron chi connectivity index (χ1n) is 5.01. The second kappa shape index (κ2) is 7.40. The van der Waals surface area contributed by atoms with Crippen molar-refractivity contribution >= 4 is 5.91 Å². The van der Waals surface area contributed by atoms with Crippen LogP contribution in [0.4, 0.5) is 0 Å². The molecule has 0 aliphatic carbocycles. The van der Waals surface area contributed by atoms with Crippen LogP contribution in [0.2, 0.25) is 0 Å². The molecule has 0 rings (SSSR count). The Morgan fingerprint density at radius 2 is 2.07 bits per heavy atom. The molecule has 0 heterocycles. The zero-order valence-corrected chi connectivity index (χ0v) is 9.26. The van der Waals surface area contributed by atoms with Crippen LogP contribution in [0, 0.1) is 18.3 Å². The summed E-state index contributed by atoms with van der Waals surface area (Å²) in [6.45, 7) is 7.44. The van der Waals surface area contributed by atoms with Crippen molar-refractivity contribution in [1.82, 2.24) is 10.6 Å². The molecular formula is C11H20N2O. The van der Waals surface area contributed by atoms with E-state index in [1.54, 1.807) is 0 Å². The predicted octanol–water partition coefficient (Wildman–Crippen LogP) is 0.760. The lowest BCUT2D eigenvalue weighted by molar-refractivity contribution is -0.120. The summed E-state index contributed by atoms with van der Waals surface area (Å²) in [5.41, 5.74) is 0. The van der Waals surface area contributed by atoms with Gasteiger partial charge in [0, 0.05) is 19.0 Å². The molecule has 0 spiro atoms. The van der Waals surface area contributed by atoms with E-state index >= 15 is 0 Å². The van der Waals surface area contributed by atoms with Gasteiger partial charge in [0.2, 0.25) is 5.91 Å².